The maximum absolute atomic E-state index is 12.3. The van der Waals surface area contributed by atoms with Gasteiger partial charge in [0, 0.05) is 31.3 Å². The summed E-state index contributed by atoms with van der Waals surface area (Å²) < 4.78 is 5.26. The number of carbonyl (C=O) groups is 1. The third-order valence-corrected chi connectivity index (χ3v) is 4.23. The molecule has 3 aromatic rings. The van der Waals surface area contributed by atoms with Gasteiger partial charge in [-0.1, -0.05) is 36.4 Å². The molecule has 1 heterocycles. The van der Waals surface area contributed by atoms with Crippen molar-refractivity contribution in [1.82, 2.24) is 5.48 Å². The van der Waals surface area contributed by atoms with Gasteiger partial charge in [-0.25, -0.2) is 5.48 Å². The monoisotopic (exact) mass is 364 g/mol. The van der Waals surface area contributed by atoms with Crippen molar-refractivity contribution in [2.45, 2.75) is 19.4 Å². The van der Waals surface area contributed by atoms with E-state index < -0.39 is 0 Å². The first-order valence-corrected chi connectivity index (χ1v) is 9.02. The van der Waals surface area contributed by atoms with Crippen LogP contribution in [-0.2, 0) is 17.8 Å². The highest BCUT2D eigenvalue weighted by Gasteiger charge is 2.09. The van der Waals surface area contributed by atoms with Gasteiger partial charge in [-0.2, -0.15) is 0 Å². The average Bonchev–Trinajstić information content (AvgIpc) is 3.22. The normalized spacial score (nSPS) is 10.6. The highest BCUT2D eigenvalue weighted by Crippen LogP contribution is 2.17. The first-order chi connectivity index (χ1) is 13.2. The number of hydrogen-bond donors (Lipinski definition) is 1. The van der Waals surface area contributed by atoms with E-state index in [2.05, 4.69) is 22.5 Å². The van der Waals surface area contributed by atoms with Crippen molar-refractivity contribution in [3.63, 3.8) is 0 Å². The lowest BCUT2D eigenvalue weighted by Gasteiger charge is -2.20. The SMILES string of the molecule is CN(Cc1ccccc1)c1cccc(C(=O)NOCCCc2ccco2)c1. The Morgan fingerprint density at radius 1 is 1.07 bits per heavy atom. The smallest absolute Gasteiger partial charge is 0.274 e. The van der Waals surface area contributed by atoms with Gasteiger partial charge < -0.3 is 9.32 Å². The van der Waals surface area contributed by atoms with Gasteiger partial charge in [-0.05, 0) is 42.3 Å². The highest BCUT2D eigenvalue weighted by atomic mass is 16.6. The Labute approximate surface area is 159 Å². The van der Waals surface area contributed by atoms with Gasteiger partial charge in [-0.3, -0.25) is 9.63 Å². The predicted molar refractivity (Wildman–Crippen MR) is 105 cm³/mol. The van der Waals surface area contributed by atoms with Crippen LogP contribution in [0.5, 0.6) is 0 Å². The van der Waals surface area contributed by atoms with E-state index in [0.717, 1.165) is 30.8 Å². The van der Waals surface area contributed by atoms with Crippen LogP contribution in [0.25, 0.3) is 0 Å². The van der Waals surface area contributed by atoms with Crippen LogP contribution in [-0.4, -0.2) is 19.6 Å². The molecule has 0 saturated carbocycles. The lowest BCUT2D eigenvalue weighted by atomic mass is 10.1. The van der Waals surface area contributed by atoms with Gasteiger partial charge in [0.05, 0.1) is 12.9 Å². The number of carbonyl (C=O) groups excluding carboxylic acids is 1. The molecule has 1 N–H and O–H groups in total. The lowest BCUT2D eigenvalue weighted by molar-refractivity contribution is 0.0301. The molecule has 0 spiro atoms. The molecular weight excluding hydrogens is 340 g/mol. The van der Waals surface area contributed by atoms with Crippen LogP contribution in [0.4, 0.5) is 5.69 Å². The van der Waals surface area contributed by atoms with Crippen LogP contribution >= 0.6 is 0 Å². The van der Waals surface area contributed by atoms with Gasteiger partial charge in [0.1, 0.15) is 5.76 Å². The lowest BCUT2D eigenvalue weighted by Crippen LogP contribution is -2.25. The van der Waals surface area contributed by atoms with Gasteiger partial charge in [0.2, 0.25) is 0 Å². The Kier molecular flexibility index (Phi) is 6.66. The standard InChI is InChI=1S/C22H24N2O3/c1-24(17-18-8-3-2-4-9-18)20-11-5-10-19(16-20)22(25)23-27-15-7-13-21-12-6-14-26-21/h2-6,8-12,14,16H,7,13,15,17H2,1H3,(H,23,25). The van der Waals surface area contributed by atoms with Gasteiger partial charge >= 0.3 is 0 Å². The van der Waals surface area contributed by atoms with Crippen LogP contribution in [0.2, 0.25) is 0 Å². The molecule has 2 aromatic carbocycles. The molecule has 0 unspecified atom stereocenters. The van der Waals surface area contributed by atoms with Crippen molar-refractivity contribution in [3.8, 4) is 0 Å². The van der Waals surface area contributed by atoms with E-state index in [9.17, 15) is 4.79 Å². The number of anilines is 1. The number of benzene rings is 2. The molecule has 3 rings (SSSR count). The summed E-state index contributed by atoms with van der Waals surface area (Å²) in [5.74, 6) is 0.669. The number of aryl methyl sites for hydroxylation is 1. The minimum Gasteiger partial charge on any atom is -0.469 e. The first kappa shape index (κ1) is 18.7. The van der Waals surface area contributed by atoms with Crippen molar-refractivity contribution >= 4 is 11.6 Å². The molecule has 0 aliphatic heterocycles. The zero-order valence-corrected chi connectivity index (χ0v) is 15.4. The van der Waals surface area contributed by atoms with Gasteiger partial charge in [0.25, 0.3) is 5.91 Å². The third-order valence-electron chi connectivity index (χ3n) is 4.23. The molecule has 1 amide bonds. The molecule has 5 heteroatoms. The zero-order chi connectivity index (χ0) is 18.9. The van der Waals surface area contributed by atoms with E-state index in [1.54, 1.807) is 12.3 Å². The summed E-state index contributed by atoms with van der Waals surface area (Å²) >= 11 is 0. The summed E-state index contributed by atoms with van der Waals surface area (Å²) in [4.78, 5) is 19.7. The van der Waals surface area contributed by atoms with Gasteiger partial charge in [-0.15, -0.1) is 0 Å². The number of hydrogen-bond acceptors (Lipinski definition) is 4. The van der Waals surface area contributed by atoms with E-state index in [4.69, 9.17) is 9.25 Å². The average molecular weight is 364 g/mol. The summed E-state index contributed by atoms with van der Waals surface area (Å²) in [5.41, 5.74) is 5.27. The number of hydroxylamine groups is 1. The van der Waals surface area contributed by atoms with Gasteiger partial charge in [0.15, 0.2) is 0 Å². The molecular formula is C22H24N2O3. The summed E-state index contributed by atoms with van der Waals surface area (Å²) in [6.07, 6.45) is 3.20. The Balaban J connectivity index is 1.47. The number of nitrogens with one attached hydrogen (secondary N) is 1. The topological polar surface area (TPSA) is 54.7 Å². The number of rotatable bonds is 9. The van der Waals surface area contributed by atoms with Crippen LogP contribution < -0.4 is 10.4 Å². The molecule has 0 aliphatic rings. The van der Waals surface area contributed by atoms with E-state index in [1.807, 2.05) is 55.6 Å². The summed E-state index contributed by atoms with van der Waals surface area (Å²) in [6, 6.07) is 21.5. The molecule has 0 atom stereocenters. The maximum atomic E-state index is 12.3. The molecule has 5 nitrogen and oxygen atoms in total. The third kappa shape index (κ3) is 5.72. The Hall–Kier alpha value is -3.05. The second-order valence-electron chi connectivity index (χ2n) is 6.35. The van der Waals surface area contributed by atoms with Crippen LogP contribution in [0.3, 0.4) is 0 Å². The molecule has 140 valence electrons. The molecule has 0 fully saturated rings. The fraction of sp³-hybridized carbons (Fsp3) is 0.227. The number of furan rings is 1. The summed E-state index contributed by atoms with van der Waals surface area (Å²) in [5, 5.41) is 0. The maximum Gasteiger partial charge on any atom is 0.274 e. The van der Waals surface area contributed by atoms with Crippen molar-refractivity contribution in [3.05, 3.63) is 89.9 Å². The van der Waals surface area contributed by atoms with Crippen molar-refractivity contribution in [2.75, 3.05) is 18.6 Å². The first-order valence-electron chi connectivity index (χ1n) is 9.02. The van der Waals surface area contributed by atoms with E-state index in [1.165, 1.54) is 5.56 Å². The highest BCUT2D eigenvalue weighted by molar-refractivity contribution is 5.94. The summed E-state index contributed by atoms with van der Waals surface area (Å²) in [7, 11) is 2.01. The fourth-order valence-electron chi connectivity index (χ4n) is 2.78. The largest absolute Gasteiger partial charge is 0.469 e. The molecule has 0 bridgehead atoms. The fourth-order valence-corrected chi connectivity index (χ4v) is 2.78. The van der Waals surface area contributed by atoms with E-state index >= 15 is 0 Å². The molecule has 1 aromatic heterocycles. The molecule has 0 saturated heterocycles. The van der Waals surface area contributed by atoms with Crippen LogP contribution in [0.1, 0.15) is 28.1 Å². The van der Waals surface area contributed by atoms with Crippen molar-refractivity contribution in [1.29, 1.82) is 0 Å². The Bertz CT molecular complexity index is 832. The van der Waals surface area contributed by atoms with Crippen LogP contribution in [0.15, 0.2) is 77.4 Å². The predicted octanol–water partition coefficient (Wildman–Crippen LogP) is 4.21. The Morgan fingerprint density at radius 3 is 2.70 bits per heavy atom. The second kappa shape index (κ2) is 9.59. The summed E-state index contributed by atoms with van der Waals surface area (Å²) in [6.45, 7) is 1.20. The molecule has 0 aliphatic carbocycles. The zero-order valence-electron chi connectivity index (χ0n) is 15.4. The van der Waals surface area contributed by atoms with E-state index in [0.29, 0.717) is 12.2 Å². The van der Waals surface area contributed by atoms with E-state index in [-0.39, 0.29) is 5.91 Å². The molecule has 27 heavy (non-hydrogen) atoms. The Morgan fingerprint density at radius 2 is 1.93 bits per heavy atom. The minimum atomic E-state index is -0.247. The van der Waals surface area contributed by atoms with Crippen molar-refractivity contribution < 1.29 is 14.0 Å². The quantitative estimate of drug-likeness (QED) is 0.456. The van der Waals surface area contributed by atoms with Crippen LogP contribution in [0, 0.1) is 0 Å². The molecule has 0 radical (unpaired) electrons. The number of nitrogens with zero attached hydrogens (tertiary/aromatic N) is 1. The van der Waals surface area contributed by atoms with Crippen molar-refractivity contribution in [2.24, 2.45) is 0 Å². The number of amides is 1. The minimum absolute atomic E-state index is 0.247. The second-order valence-corrected chi connectivity index (χ2v) is 6.35.